The summed E-state index contributed by atoms with van der Waals surface area (Å²) in [5, 5.41) is 5.03. The van der Waals surface area contributed by atoms with Crippen molar-refractivity contribution in [1.82, 2.24) is 5.32 Å². The van der Waals surface area contributed by atoms with Gasteiger partial charge in [-0.2, -0.15) is 0 Å². The number of benzene rings is 1. The molecule has 3 nitrogen and oxygen atoms in total. The molecule has 2 aromatic rings. The molecular formula is C20H19NO2S. The number of rotatable bonds is 2. The van der Waals surface area contributed by atoms with Crippen LogP contribution in [0.2, 0.25) is 0 Å². The zero-order chi connectivity index (χ0) is 16.7. The summed E-state index contributed by atoms with van der Waals surface area (Å²) < 4.78 is 0. The van der Waals surface area contributed by atoms with Crippen LogP contribution in [0.15, 0.2) is 53.0 Å². The molecule has 1 aliphatic heterocycles. The summed E-state index contributed by atoms with van der Waals surface area (Å²) in [5.74, 6) is 0.281. The fourth-order valence-electron chi connectivity index (χ4n) is 3.93. The summed E-state index contributed by atoms with van der Waals surface area (Å²) in [5.41, 5.74) is 3.91. The van der Waals surface area contributed by atoms with Gasteiger partial charge in [0.05, 0.1) is 0 Å². The van der Waals surface area contributed by atoms with Crippen LogP contribution >= 0.6 is 11.3 Å². The first kappa shape index (κ1) is 15.3. The molecule has 2 atom stereocenters. The predicted octanol–water partition coefficient (Wildman–Crippen LogP) is 4.06. The van der Waals surface area contributed by atoms with Gasteiger partial charge in [-0.15, -0.1) is 11.3 Å². The maximum Gasteiger partial charge on any atom is 0.225 e. The summed E-state index contributed by atoms with van der Waals surface area (Å²) in [6, 6.07) is 12.2. The van der Waals surface area contributed by atoms with Crippen molar-refractivity contribution in [3.63, 3.8) is 0 Å². The number of amides is 1. The number of thiophene rings is 1. The Bertz CT molecular complexity index is 835. The summed E-state index contributed by atoms with van der Waals surface area (Å²) in [7, 11) is 0. The molecule has 0 spiro atoms. The molecule has 0 saturated carbocycles. The molecule has 1 N–H and O–H groups in total. The molecule has 122 valence electrons. The van der Waals surface area contributed by atoms with Gasteiger partial charge in [-0.05, 0) is 35.9 Å². The number of hydrogen-bond donors (Lipinski definition) is 1. The molecule has 0 radical (unpaired) electrons. The second kappa shape index (κ2) is 6.02. The molecule has 0 fully saturated rings. The largest absolute Gasteiger partial charge is 0.329 e. The number of allylic oxidation sites excluding steroid dienone is 2. The monoisotopic (exact) mass is 337 g/mol. The Labute approximate surface area is 145 Å². The van der Waals surface area contributed by atoms with Crippen LogP contribution in [0.25, 0.3) is 0 Å². The first-order chi connectivity index (χ1) is 11.6. The van der Waals surface area contributed by atoms with Gasteiger partial charge in [0.15, 0.2) is 5.78 Å². The predicted molar refractivity (Wildman–Crippen MR) is 95.0 cm³/mol. The lowest BCUT2D eigenvalue weighted by Gasteiger charge is -2.34. The van der Waals surface area contributed by atoms with Gasteiger partial charge in [-0.25, -0.2) is 0 Å². The van der Waals surface area contributed by atoms with Gasteiger partial charge in [0.1, 0.15) is 0 Å². The van der Waals surface area contributed by atoms with E-state index in [-0.39, 0.29) is 23.5 Å². The molecule has 0 unspecified atom stereocenters. The van der Waals surface area contributed by atoms with E-state index in [4.69, 9.17) is 0 Å². The maximum atomic E-state index is 12.9. The third-order valence-corrected chi connectivity index (χ3v) is 6.08. The van der Waals surface area contributed by atoms with Crippen molar-refractivity contribution in [2.75, 3.05) is 0 Å². The summed E-state index contributed by atoms with van der Waals surface area (Å²) in [6.45, 7) is 2.05. The van der Waals surface area contributed by atoms with Crippen LogP contribution in [-0.2, 0) is 9.59 Å². The fourth-order valence-corrected chi connectivity index (χ4v) is 4.76. The van der Waals surface area contributed by atoms with Gasteiger partial charge in [-0.3, -0.25) is 9.59 Å². The van der Waals surface area contributed by atoms with Gasteiger partial charge >= 0.3 is 0 Å². The van der Waals surface area contributed by atoms with Gasteiger partial charge in [0, 0.05) is 40.8 Å². The lowest BCUT2D eigenvalue weighted by molar-refractivity contribution is -0.122. The topological polar surface area (TPSA) is 46.2 Å². The van der Waals surface area contributed by atoms with Gasteiger partial charge < -0.3 is 5.32 Å². The Hall–Kier alpha value is -2.20. The summed E-state index contributed by atoms with van der Waals surface area (Å²) >= 11 is 1.68. The summed E-state index contributed by atoms with van der Waals surface area (Å²) in [4.78, 5) is 26.4. The molecule has 4 rings (SSSR count). The number of aryl methyl sites for hydroxylation is 1. The van der Waals surface area contributed by atoms with Crippen LogP contribution < -0.4 is 5.32 Å². The van der Waals surface area contributed by atoms with E-state index in [2.05, 4.69) is 11.4 Å². The van der Waals surface area contributed by atoms with Crippen LogP contribution in [0, 0.1) is 6.92 Å². The minimum Gasteiger partial charge on any atom is -0.329 e. The minimum atomic E-state index is -0.105. The lowest BCUT2D eigenvalue weighted by Crippen LogP contribution is -2.38. The molecule has 1 aliphatic carbocycles. The number of ketones is 1. The van der Waals surface area contributed by atoms with E-state index >= 15 is 0 Å². The Kier molecular flexibility index (Phi) is 3.85. The SMILES string of the molecule is Cc1ccccc1[C@H]1CC(=O)NC2=C1C(=O)C[C@@H](c1cccs1)C2. The van der Waals surface area contributed by atoms with Crippen LogP contribution in [0.3, 0.4) is 0 Å². The number of hydrogen-bond acceptors (Lipinski definition) is 3. The molecule has 4 heteroatoms. The van der Waals surface area contributed by atoms with E-state index in [0.717, 1.165) is 28.8 Å². The van der Waals surface area contributed by atoms with Crippen molar-refractivity contribution < 1.29 is 9.59 Å². The van der Waals surface area contributed by atoms with Crippen molar-refractivity contribution in [1.29, 1.82) is 0 Å². The third-order valence-electron chi connectivity index (χ3n) is 5.05. The number of Topliss-reactive ketones (excluding diaryl/α,β-unsaturated/α-hetero) is 1. The first-order valence-corrected chi connectivity index (χ1v) is 9.16. The molecular weight excluding hydrogens is 318 g/mol. The van der Waals surface area contributed by atoms with Gasteiger partial charge in [0.25, 0.3) is 0 Å². The number of carbonyl (C=O) groups excluding carboxylic acids is 2. The molecule has 2 aliphatic rings. The van der Waals surface area contributed by atoms with Gasteiger partial charge in [-0.1, -0.05) is 30.3 Å². The van der Waals surface area contributed by atoms with Crippen molar-refractivity contribution in [2.24, 2.45) is 0 Å². The molecule has 24 heavy (non-hydrogen) atoms. The Morgan fingerprint density at radius 1 is 1.04 bits per heavy atom. The van der Waals surface area contributed by atoms with E-state index in [1.165, 1.54) is 4.88 Å². The van der Waals surface area contributed by atoms with Crippen LogP contribution in [-0.4, -0.2) is 11.7 Å². The van der Waals surface area contributed by atoms with E-state index in [1.54, 1.807) is 11.3 Å². The zero-order valence-electron chi connectivity index (χ0n) is 13.5. The highest BCUT2D eigenvalue weighted by Crippen LogP contribution is 2.43. The van der Waals surface area contributed by atoms with Crippen molar-refractivity contribution in [2.45, 2.75) is 38.0 Å². The smallest absolute Gasteiger partial charge is 0.225 e. The molecule has 2 heterocycles. The van der Waals surface area contributed by atoms with E-state index in [0.29, 0.717) is 12.8 Å². The van der Waals surface area contributed by atoms with E-state index in [1.807, 2.05) is 42.6 Å². The number of carbonyl (C=O) groups is 2. The normalized spacial score (nSPS) is 23.9. The Morgan fingerprint density at radius 2 is 1.88 bits per heavy atom. The molecule has 1 aromatic carbocycles. The highest BCUT2D eigenvalue weighted by molar-refractivity contribution is 7.10. The van der Waals surface area contributed by atoms with Crippen molar-refractivity contribution in [3.8, 4) is 0 Å². The molecule has 1 aromatic heterocycles. The van der Waals surface area contributed by atoms with Crippen LogP contribution in [0.5, 0.6) is 0 Å². The average molecular weight is 337 g/mol. The lowest BCUT2D eigenvalue weighted by atomic mass is 9.74. The fraction of sp³-hybridized carbons (Fsp3) is 0.300. The molecule has 1 amide bonds. The maximum absolute atomic E-state index is 12.9. The first-order valence-electron chi connectivity index (χ1n) is 8.28. The van der Waals surface area contributed by atoms with Crippen molar-refractivity contribution >= 4 is 23.0 Å². The van der Waals surface area contributed by atoms with Crippen molar-refractivity contribution in [3.05, 3.63) is 69.1 Å². The van der Waals surface area contributed by atoms with Gasteiger partial charge in [0.2, 0.25) is 5.91 Å². The van der Waals surface area contributed by atoms with E-state index in [9.17, 15) is 9.59 Å². The van der Waals surface area contributed by atoms with E-state index < -0.39 is 0 Å². The zero-order valence-corrected chi connectivity index (χ0v) is 14.4. The highest BCUT2D eigenvalue weighted by atomic mass is 32.1. The molecule has 0 bridgehead atoms. The van der Waals surface area contributed by atoms with Crippen LogP contribution in [0.1, 0.15) is 47.1 Å². The average Bonchev–Trinajstić information content (AvgIpc) is 3.08. The Balaban J connectivity index is 1.76. The second-order valence-corrected chi connectivity index (χ2v) is 7.58. The Morgan fingerprint density at radius 3 is 2.62 bits per heavy atom. The molecule has 0 saturated heterocycles. The third kappa shape index (κ3) is 2.61. The second-order valence-electron chi connectivity index (χ2n) is 6.60. The highest BCUT2D eigenvalue weighted by Gasteiger charge is 2.38. The standard InChI is InChI=1S/C20H19NO2S/c1-12-5-2-3-6-14(12)15-11-19(23)21-16-9-13(10-17(22)20(15)16)18-7-4-8-24-18/h2-8,13,15H,9-11H2,1H3,(H,21,23)/t13-,15+/m0/s1. The quantitative estimate of drug-likeness (QED) is 0.898. The number of nitrogens with one attached hydrogen (secondary N) is 1. The van der Waals surface area contributed by atoms with Crippen LogP contribution in [0.4, 0.5) is 0 Å². The minimum absolute atomic E-state index is 0.0154. The summed E-state index contributed by atoms with van der Waals surface area (Å²) in [6.07, 6.45) is 1.65.